The molecule has 1 aliphatic rings. The number of ketones is 1. The SMILES string of the molecule is O=C(C1=C(C#Cc2ccccc2C(F)(F)F)c2ccccc2C1)c1ccccc1C(F)(F)F. The summed E-state index contributed by atoms with van der Waals surface area (Å²) in [5.74, 6) is 4.28. The van der Waals surface area contributed by atoms with Crippen LogP contribution < -0.4 is 0 Å². The van der Waals surface area contributed by atoms with Gasteiger partial charge < -0.3 is 0 Å². The van der Waals surface area contributed by atoms with E-state index in [0.29, 0.717) is 11.1 Å². The summed E-state index contributed by atoms with van der Waals surface area (Å²) in [5.41, 5.74) is -1.49. The number of allylic oxidation sites excluding steroid dienone is 2. The van der Waals surface area contributed by atoms with Crippen molar-refractivity contribution >= 4 is 11.4 Å². The number of halogens is 6. The molecule has 0 spiro atoms. The second-order valence-corrected chi connectivity index (χ2v) is 7.35. The third-order valence-corrected chi connectivity index (χ3v) is 5.26. The molecule has 0 saturated heterocycles. The molecule has 0 amide bonds. The number of alkyl halides is 6. The van der Waals surface area contributed by atoms with Crippen molar-refractivity contribution in [2.45, 2.75) is 18.8 Å². The Balaban J connectivity index is 1.87. The lowest BCUT2D eigenvalue weighted by atomic mass is 9.95. The van der Waals surface area contributed by atoms with Crippen molar-refractivity contribution < 1.29 is 31.1 Å². The van der Waals surface area contributed by atoms with E-state index in [0.717, 1.165) is 18.2 Å². The number of hydrogen-bond donors (Lipinski definition) is 0. The molecule has 33 heavy (non-hydrogen) atoms. The Morgan fingerprint density at radius 1 is 0.697 bits per heavy atom. The zero-order valence-electron chi connectivity index (χ0n) is 16.8. The molecule has 4 rings (SSSR count). The van der Waals surface area contributed by atoms with Gasteiger partial charge in [0.05, 0.1) is 11.1 Å². The van der Waals surface area contributed by atoms with Crippen LogP contribution in [-0.2, 0) is 18.8 Å². The Labute approximate surface area is 185 Å². The van der Waals surface area contributed by atoms with Crippen LogP contribution in [0, 0.1) is 11.8 Å². The Morgan fingerprint density at radius 2 is 1.27 bits per heavy atom. The number of Topliss-reactive ketones (excluding diaryl/α,β-unsaturated/α-hetero) is 1. The molecule has 7 heteroatoms. The maximum absolute atomic E-state index is 13.5. The van der Waals surface area contributed by atoms with E-state index in [4.69, 9.17) is 0 Å². The van der Waals surface area contributed by atoms with Gasteiger partial charge in [0.25, 0.3) is 0 Å². The predicted octanol–water partition coefficient (Wildman–Crippen LogP) is 6.97. The normalized spacial score (nSPS) is 13.4. The van der Waals surface area contributed by atoms with E-state index in [2.05, 4.69) is 11.8 Å². The molecule has 0 unspecified atom stereocenters. The summed E-state index contributed by atoms with van der Waals surface area (Å²) in [7, 11) is 0. The first-order valence-electron chi connectivity index (χ1n) is 9.78. The maximum Gasteiger partial charge on any atom is 0.417 e. The molecule has 0 heterocycles. The summed E-state index contributed by atoms with van der Waals surface area (Å²) < 4.78 is 80.4. The highest BCUT2D eigenvalue weighted by molar-refractivity contribution is 6.17. The van der Waals surface area contributed by atoms with Gasteiger partial charge in [-0.05, 0) is 29.3 Å². The second kappa shape index (κ2) is 8.28. The summed E-state index contributed by atoms with van der Waals surface area (Å²) in [6.07, 6.45) is -9.33. The highest BCUT2D eigenvalue weighted by atomic mass is 19.4. The molecule has 3 aromatic rings. The first kappa shape index (κ1) is 22.4. The zero-order valence-corrected chi connectivity index (χ0v) is 16.8. The van der Waals surface area contributed by atoms with Crippen LogP contribution in [0.3, 0.4) is 0 Å². The fourth-order valence-corrected chi connectivity index (χ4v) is 3.76. The molecular weight excluding hydrogens is 442 g/mol. The highest BCUT2D eigenvalue weighted by Crippen LogP contribution is 2.38. The molecular formula is C26H14F6O. The van der Waals surface area contributed by atoms with Crippen LogP contribution in [0.5, 0.6) is 0 Å². The molecule has 0 atom stereocenters. The molecule has 0 bridgehead atoms. The molecule has 0 fully saturated rings. The second-order valence-electron chi connectivity index (χ2n) is 7.35. The minimum atomic E-state index is -4.74. The molecule has 0 aliphatic heterocycles. The van der Waals surface area contributed by atoms with E-state index < -0.39 is 34.8 Å². The molecule has 1 aliphatic carbocycles. The molecule has 0 N–H and O–H groups in total. The monoisotopic (exact) mass is 456 g/mol. The average Bonchev–Trinajstić information content (AvgIpc) is 3.15. The first-order chi connectivity index (χ1) is 15.6. The molecule has 3 aromatic carbocycles. The molecule has 1 nitrogen and oxygen atoms in total. The zero-order chi connectivity index (χ0) is 23.8. The van der Waals surface area contributed by atoms with Crippen LogP contribution in [0.1, 0.15) is 38.2 Å². The van der Waals surface area contributed by atoms with E-state index in [1.807, 2.05) is 0 Å². The maximum atomic E-state index is 13.5. The Kier molecular flexibility index (Phi) is 5.62. The summed E-state index contributed by atoms with van der Waals surface area (Å²) in [6.45, 7) is 0. The standard InChI is InChI=1S/C26H14F6O/c27-25(28,29)22-11-5-2-7-16(22)13-14-19-18-9-3-1-8-17(18)15-21(19)24(33)20-10-4-6-12-23(20)26(30,31)32/h1-12H,15H2. The van der Waals surface area contributed by atoms with E-state index in [1.165, 1.54) is 30.3 Å². The van der Waals surface area contributed by atoms with Crippen LogP contribution in [0.25, 0.3) is 5.57 Å². The summed E-state index contributed by atoms with van der Waals surface area (Å²) >= 11 is 0. The van der Waals surface area contributed by atoms with Crippen LogP contribution in [0.4, 0.5) is 26.3 Å². The smallest absolute Gasteiger partial charge is 0.289 e. The topological polar surface area (TPSA) is 17.1 Å². The third kappa shape index (κ3) is 4.42. The summed E-state index contributed by atoms with van der Waals surface area (Å²) in [6, 6.07) is 15.9. The molecule has 0 aromatic heterocycles. The van der Waals surface area contributed by atoms with Crippen molar-refractivity contribution in [2.24, 2.45) is 0 Å². The minimum absolute atomic E-state index is 0.0184. The van der Waals surface area contributed by atoms with Gasteiger partial charge in [-0.3, -0.25) is 4.79 Å². The Morgan fingerprint density at radius 3 is 1.97 bits per heavy atom. The van der Waals surface area contributed by atoms with Crippen LogP contribution >= 0.6 is 0 Å². The van der Waals surface area contributed by atoms with Crippen molar-refractivity contribution in [3.63, 3.8) is 0 Å². The lowest BCUT2D eigenvalue weighted by Crippen LogP contribution is -2.15. The number of rotatable bonds is 2. The van der Waals surface area contributed by atoms with E-state index in [-0.39, 0.29) is 23.1 Å². The van der Waals surface area contributed by atoms with Gasteiger partial charge in [-0.15, -0.1) is 0 Å². The quantitative estimate of drug-likeness (QED) is 0.231. The van der Waals surface area contributed by atoms with E-state index in [1.54, 1.807) is 24.3 Å². The number of benzene rings is 3. The van der Waals surface area contributed by atoms with Crippen molar-refractivity contribution in [2.75, 3.05) is 0 Å². The highest BCUT2D eigenvalue weighted by Gasteiger charge is 2.37. The number of carbonyl (C=O) groups is 1. The fraction of sp³-hybridized carbons (Fsp3) is 0.115. The number of fused-ring (bicyclic) bond motifs is 1. The average molecular weight is 456 g/mol. The first-order valence-corrected chi connectivity index (χ1v) is 9.78. The van der Waals surface area contributed by atoms with Crippen molar-refractivity contribution in [1.82, 2.24) is 0 Å². The minimum Gasteiger partial charge on any atom is -0.289 e. The number of hydrogen-bond acceptors (Lipinski definition) is 1. The molecule has 0 radical (unpaired) electrons. The lowest BCUT2D eigenvalue weighted by molar-refractivity contribution is -0.138. The summed E-state index contributed by atoms with van der Waals surface area (Å²) in [5, 5.41) is 0. The third-order valence-electron chi connectivity index (χ3n) is 5.26. The Bertz CT molecular complexity index is 1330. The number of carbonyl (C=O) groups excluding carboxylic acids is 1. The van der Waals surface area contributed by atoms with Crippen molar-refractivity contribution in [3.8, 4) is 11.8 Å². The fourth-order valence-electron chi connectivity index (χ4n) is 3.76. The summed E-state index contributed by atoms with van der Waals surface area (Å²) in [4.78, 5) is 13.2. The van der Waals surface area contributed by atoms with Gasteiger partial charge in [-0.1, -0.05) is 66.4 Å². The van der Waals surface area contributed by atoms with Gasteiger partial charge in [-0.25, -0.2) is 0 Å². The van der Waals surface area contributed by atoms with Crippen molar-refractivity contribution in [1.29, 1.82) is 0 Å². The van der Waals surface area contributed by atoms with Crippen LogP contribution in [0.15, 0.2) is 78.4 Å². The largest absolute Gasteiger partial charge is 0.417 e. The van der Waals surface area contributed by atoms with Gasteiger partial charge in [0.15, 0.2) is 5.78 Å². The van der Waals surface area contributed by atoms with Crippen LogP contribution in [0.2, 0.25) is 0 Å². The van der Waals surface area contributed by atoms with Gasteiger partial charge in [0.1, 0.15) is 0 Å². The molecule has 0 saturated carbocycles. The van der Waals surface area contributed by atoms with Crippen LogP contribution in [-0.4, -0.2) is 5.78 Å². The van der Waals surface area contributed by atoms with Gasteiger partial charge in [0.2, 0.25) is 0 Å². The lowest BCUT2D eigenvalue weighted by Gasteiger charge is -2.12. The van der Waals surface area contributed by atoms with Crippen molar-refractivity contribution in [3.05, 3.63) is 112 Å². The van der Waals surface area contributed by atoms with Gasteiger partial charge in [-0.2, -0.15) is 26.3 Å². The van der Waals surface area contributed by atoms with Gasteiger partial charge >= 0.3 is 12.4 Å². The molecule has 166 valence electrons. The van der Waals surface area contributed by atoms with E-state index >= 15 is 0 Å². The van der Waals surface area contributed by atoms with E-state index in [9.17, 15) is 31.1 Å². The van der Waals surface area contributed by atoms with Gasteiger partial charge in [0, 0.05) is 28.7 Å². The predicted molar refractivity (Wildman–Crippen MR) is 111 cm³/mol. The Hall–Kier alpha value is -3.79.